The van der Waals surface area contributed by atoms with Crippen molar-refractivity contribution in [3.63, 3.8) is 0 Å². The van der Waals surface area contributed by atoms with Crippen molar-refractivity contribution in [2.24, 2.45) is 5.10 Å². The molecule has 198 valence electrons. The Morgan fingerprint density at radius 2 is 1.79 bits per heavy atom. The van der Waals surface area contributed by atoms with E-state index in [1.165, 1.54) is 17.7 Å². The average Bonchev–Trinajstić information content (AvgIpc) is 3.33. The lowest BCUT2D eigenvalue weighted by Crippen LogP contribution is -2.24. The summed E-state index contributed by atoms with van der Waals surface area (Å²) in [6.07, 6.45) is -1.40. The first-order chi connectivity index (χ1) is 18.7. The molecule has 39 heavy (non-hydrogen) atoms. The van der Waals surface area contributed by atoms with Crippen LogP contribution in [0.1, 0.15) is 30.9 Å². The van der Waals surface area contributed by atoms with E-state index in [2.05, 4.69) is 45.5 Å². The van der Waals surface area contributed by atoms with Gasteiger partial charge in [-0.2, -0.15) is 5.10 Å². The fourth-order valence-electron chi connectivity index (χ4n) is 4.35. The van der Waals surface area contributed by atoms with Crippen LogP contribution in [0.4, 0.5) is 18.9 Å². The predicted molar refractivity (Wildman–Crippen MR) is 153 cm³/mol. The third-order valence-electron chi connectivity index (χ3n) is 6.12. The van der Waals surface area contributed by atoms with Crippen LogP contribution in [0.25, 0.3) is 27.5 Å². The molecule has 0 saturated carbocycles. The Hall–Kier alpha value is -4.44. The minimum atomic E-state index is -4.73. The Labute approximate surface area is 228 Å². The molecule has 1 heterocycles. The van der Waals surface area contributed by atoms with Crippen molar-refractivity contribution in [2.75, 3.05) is 5.32 Å². The van der Waals surface area contributed by atoms with E-state index in [4.69, 9.17) is 12.2 Å². The Morgan fingerprint density at radius 1 is 1.03 bits per heavy atom. The molecule has 0 fully saturated rings. The summed E-state index contributed by atoms with van der Waals surface area (Å²) in [4.78, 5) is 4.56. The van der Waals surface area contributed by atoms with E-state index in [-0.39, 0.29) is 5.75 Å². The van der Waals surface area contributed by atoms with Gasteiger partial charge in [-0.25, -0.2) is 4.98 Å². The van der Waals surface area contributed by atoms with Crippen molar-refractivity contribution in [2.45, 2.75) is 26.1 Å². The molecule has 0 bridgehead atoms. The Kier molecular flexibility index (Phi) is 7.21. The number of hydrogen-bond acceptors (Lipinski definition) is 4. The first-order valence-corrected chi connectivity index (χ1v) is 12.5. The van der Waals surface area contributed by atoms with E-state index in [1.54, 1.807) is 24.7 Å². The van der Waals surface area contributed by atoms with Gasteiger partial charge >= 0.3 is 6.36 Å². The molecule has 0 atom stereocenters. The monoisotopic (exact) mass is 547 g/mol. The summed E-state index contributed by atoms with van der Waals surface area (Å²) >= 11 is 5.40. The number of alkyl halides is 3. The number of fused-ring (bicyclic) bond motifs is 3. The third-order valence-corrected chi connectivity index (χ3v) is 6.31. The van der Waals surface area contributed by atoms with E-state index >= 15 is 0 Å². The summed E-state index contributed by atoms with van der Waals surface area (Å²) in [5.41, 5.74) is 8.12. The van der Waals surface area contributed by atoms with E-state index in [0.29, 0.717) is 16.7 Å². The number of imidazole rings is 1. The minimum Gasteiger partial charge on any atom is -0.406 e. The number of thiocarbonyl (C=S) groups is 1. The van der Waals surface area contributed by atoms with Crippen LogP contribution in [0.3, 0.4) is 0 Å². The van der Waals surface area contributed by atoms with Crippen molar-refractivity contribution in [3.8, 4) is 11.4 Å². The van der Waals surface area contributed by atoms with Crippen LogP contribution in [0.2, 0.25) is 0 Å². The molecule has 1 aromatic heterocycles. The Balaban J connectivity index is 1.31. The summed E-state index contributed by atoms with van der Waals surface area (Å²) in [5, 5.41) is 9.78. The lowest BCUT2D eigenvalue weighted by molar-refractivity contribution is -0.274. The van der Waals surface area contributed by atoms with Crippen molar-refractivity contribution < 1.29 is 17.9 Å². The highest BCUT2D eigenvalue weighted by Gasteiger charge is 2.31. The lowest BCUT2D eigenvalue weighted by Gasteiger charge is -2.14. The van der Waals surface area contributed by atoms with Crippen LogP contribution in [0, 0.1) is 0 Å². The smallest absolute Gasteiger partial charge is 0.406 e. The van der Waals surface area contributed by atoms with Crippen LogP contribution < -0.4 is 15.5 Å². The second-order valence-corrected chi connectivity index (χ2v) is 9.54. The second kappa shape index (κ2) is 10.7. The van der Waals surface area contributed by atoms with Gasteiger partial charge in [-0.15, -0.1) is 13.2 Å². The molecule has 10 heteroatoms. The lowest BCUT2D eigenvalue weighted by atomic mass is 10.0. The molecule has 5 aromatic rings. The number of nitrogens with one attached hydrogen (secondary N) is 2. The first-order valence-electron chi connectivity index (χ1n) is 12.1. The number of nitrogens with zero attached hydrogens (tertiary/aromatic N) is 3. The highest BCUT2D eigenvalue weighted by Crippen LogP contribution is 2.29. The number of benzene rings is 4. The number of aromatic nitrogens is 2. The van der Waals surface area contributed by atoms with Crippen LogP contribution in [-0.2, 0) is 0 Å². The number of hydrazone groups is 1. The number of para-hydroxylation sites is 1. The zero-order valence-electron chi connectivity index (χ0n) is 21.0. The molecular formula is C29H24F3N5OS. The maximum atomic E-state index is 12.5. The molecular weight excluding hydrogens is 523 g/mol. The molecule has 6 nitrogen and oxygen atoms in total. The molecule has 0 amide bonds. The molecule has 5 rings (SSSR count). The number of rotatable bonds is 6. The molecule has 0 radical (unpaired) electrons. The van der Waals surface area contributed by atoms with Crippen LogP contribution in [-0.4, -0.2) is 27.2 Å². The van der Waals surface area contributed by atoms with Gasteiger partial charge in [-0.05, 0) is 77.1 Å². The highest BCUT2D eigenvalue weighted by atomic mass is 32.1. The third kappa shape index (κ3) is 6.01. The predicted octanol–water partition coefficient (Wildman–Crippen LogP) is 7.52. The summed E-state index contributed by atoms with van der Waals surface area (Å²) in [7, 11) is 0. The quantitative estimate of drug-likeness (QED) is 0.131. The highest BCUT2D eigenvalue weighted by molar-refractivity contribution is 7.80. The fourth-order valence-corrected chi connectivity index (χ4v) is 4.52. The minimum absolute atomic E-state index is 0.276. The van der Waals surface area contributed by atoms with E-state index in [1.807, 2.05) is 53.1 Å². The normalized spacial score (nSPS) is 11.9. The number of anilines is 1. The Morgan fingerprint density at radius 3 is 2.54 bits per heavy atom. The zero-order chi connectivity index (χ0) is 27.6. The van der Waals surface area contributed by atoms with Crippen molar-refractivity contribution in [1.82, 2.24) is 15.0 Å². The van der Waals surface area contributed by atoms with E-state index < -0.39 is 6.36 Å². The second-order valence-electron chi connectivity index (χ2n) is 9.14. The van der Waals surface area contributed by atoms with Gasteiger partial charge in [-0.1, -0.05) is 50.2 Å². The summed E-state index contributed by atoms with van der Waals surface area (Å²) in [5.74, 6) is 0.0793. The van der Waals surface area contributed by atoms with Gasteiger partial charge in [0.25, 0.3) is 0 Å². The van der Waals surface area contributed by atoms with E-state index in [0.717, 1.165) is 33.1 Å². The number of hydrogen-bond donors (Lipinski definition) is 2. The fraction of sp³-hybridized carbons (Fsp3) is 0.138. The van der Waals surface area contributed by atoms with Gasteiger partial charge in [0.15, 0.2) is 5.11 Å². The molecule has 0 aliphatic heterocycles. The molecule has 0 unspecified atom stereocenters. The van der Waals surface area contributed by atoms with Gasteiger partial charge in [0.1, 0.15) is 12.1 Å². The van der Waals surface area contributed by atoms with Gasteiger partial charge in [-0.3, -0.25) is 9.99 Å². The van der Waals surface area contributed by atoms with Gasteiger partial charge in [0.2, 0.25) is 0 Å². The summed E-state index contributed by atoms with van der Waals surface area (Å²) in [6, 6.07) is 23.5. The molecule has 4 aromatic carbocycles. The van der Waals surface area contributed by atoms with Gasteiger partial charge < -0.3 is 10.1 Å². The van der Waals surface area contributed by atoms with Gasteiger partial charge in [0, 0.05) is 16.8 Å². The Bertz CT molecular complexity index is 1680. The molecule has 2 N–H and O–H groups in total. The summed E-state index contributed by atoms with van der Waals surface area (Å²) in [6.45, 7) is 4.25. The van der Waals surface area contributed by atoms with Gasteiger partial charge in [0.05, 0.1) is 17.2 Å². The zero-order valence-corrected chi connectivity index (χ0v) is 21.8. The number of halogens is 3. The van der Waals surface area contributed by atoms with Crippen LogP contribution in [0.5, 0.6) is 5.75 Å². The van der Waals surface area contributed by atoms with Crippen molar-refractivity contribution in [1.29, 1.82) is 0 Å². The van der Waals surface area contributed by atoms with Crippen LogP contribution in [0.15, 0.2) is 90.3 Å². The summed E-state index contributed by atoms with van der Waals surface area (Å²) < 4.78 is 43.2. The standard InChI is InChI=1S/C29H24F3N5OS/c1-18(2)23-5-3-4-6-25(23)35-28(39)36-34-16-19-7-13-24-20(15-19)8-14-26-27(24)33-17-37(26)21-9-11-22(12-10-21)38-29(30,31)32/h3-18H,1-2H3,(H2,35,36,39). The van der Waals surface area contributed by atoms with Crippen molar-refractivity contribution >= 4 is 51.0 Å². The molecule has 0 saturated heterocycles. The van der Waals surface area contributed by atoms with Crippen LogP contribution >= 0.6 is 12.2 Å². The molecule has 0 aliphatic rings. The average molecular weight is 548 g/mol. The maximum Gasteiger partial charge on any atom is 0.573 e. The van der Waals surface area contributed by atoms with E-state index in [9.17, 15) is 13.2 Å². The van der Waals surface area contributed by atoms with Crippen molar-refractivity contribution in [3.05, 3.63) is 96.3 Å². The number of ether oxygens (including phenoxy) is 1. The molecule has 0 spiro atoms. The maximum absolute atomic E-state index is 12.5. The topological polar surface area (TPSA) is 63.5 Å². The first kappa shape index (κ1) is 26.2. The molecule has 0 aliphatic carbocycles. The largest absolute Gasteiger partial charge is 0.573 e. The SMILES string of the molecule is CC(C)c1ccccc1NC(=S)NN=Cc1ccc2c(ccc3c2ncn3-c2ccc(OC(F)(F)F)cc2)c1.